The molecule has 1 rings (SSSR count). The molecule has 0 saturated heterocycles. The number of nitrogens with two attached hydrogens (primary N) is 1. The van der Waals surface area contributed by atoms with Crippen molar-refractivity contribution in [3.05, 3.63) is 29.3 Å². The molecular weight excluding hydrogens is 264 g/mol. The molecule has 0 heterocycles. The van der Waals surface area contributed by atoms with Gasteiger partial charge in [0.15, 0.2) is 0 Å². The Morgan fingerprint density at radius 2 is 2.22 bits per heavy atom. The third-order valence-electron chi connectivity index (χ3n) is 2.94. The highest BCUT2D eigenvalue weighted by Crippen LogP contribution is 2.15. The van der Waals surface area contributed by atoms with Gasteiger partial charge in [0.05, 0.1) is 0 Å². The quantitative estimate of drug-likeness (QED) is 0.786. The Hall–Kier alpha value is -0.940. The Morgan fingerprint density at radius 3 is 2.72 bits per heavy atom. The minimum Gasteiger partial charge on any atom is -0.389 e. The number of aryl methyl sites for hydroxylation is 1. The fraction of sp³-hybridized carbons (Fsp3) is 0.462. The molecule has 0 saturated carbocycles. The van der Waals surface area contributed by atoms with Gasteiger partial charge in [-0.05, 0) is 37.1 Å². The van der Waals surface area contributed by atoms with Crippen molar-refractivity contribution in [2.45, 2.75) is 25.5 Å². The molecule has 3 nitrogen and oxygen atoms in total. The number of hydrogen-bond acceptors (Lipinski definition) is 3. The van der Waals surface area contributed by atoms with Crippen LogP contribution in [0.4, 0.5) is 5.69 Å². The Bertz CT molecular complexity index is 460. The van der Waals surface area contributed by atoms with Gasteiger partial charge in [-0.3, -0.25) is 4.21 Å². The summed E-state index contributed by atoms with van der Waals surface area (Å²) in [6.07, 6.45) is 2.63. The zero-order valence-electron chi connectivity index (χ0n) is 11.0. The van der Waals surface area contributed by atoms with Gasteiger partial charge in [-0.15, -0.1) is 0 Å². The molecule has 0 aliphatic heterocycles. The minimum absolute atomic E-state index is 0.217. The van der Waals surface area contributed by atoms with Gasteiger partial charge < -0.3 is 11.1 Å². The van der Waals surface area contributed by atoms with Crippen molar-refractivity contribution in [1.29, 1.82) is 0 Å². The first kappa shape index (κ1) is 15.1. The topological polar surface area (TPSA) is 55.1 Å². The Kier molecular flexibility index (Phi) is 5.75. The lowest BCUT2D eigenvalue weighted by molar-refractivity contribution is 0.672. The fourth-order valence-corrected chi connectivity index (χ4v) is 2.31. The van der Waals surface area contributed by atoms with Gasteiger partial charge in [-0.25, -0.2) is 0 Å². The predicted octanol–water partition coefficient (Wildman–Crippen LogP) is 2.20. The van der Waals surface area contributed by atoms with Crippen LogP contribution >= 0.6 is 12.2 Å². The number of nitrogens with one attached hydrogen (secondary N) is 1. The molecule has 18 heavy (non-hydrogen) atoms. The molecule has 0 spiro atoms. The lowest BCUT2D eigenvalue weighted by Gasteiger charge is -2.12. The second-order valence-corrected chi connectivity index (χ2v) is 6.66. The van der Waals surface area contributed by atoms with Crippen molar-refractivity contribution < 1.29 is 4.21 Å². The van der Waals surface area contributed by atoms with Gasteiger partial charge in [-0.1, -0.05) is 19.1 Å². The predicted molar refractivity (Wildman–Crippen MR) is 83.7 cm³/mol. The largest absolute Gasteiger partial charge is 0.389 e. The SMILES string of the molecule is Cc1cc(NCCC(C)S(C)=O)ccc1C(N)=S. The Morgan fingerprint density at radius 1 is 1.56 bits per heavy atom. The van der Waals surface area contributed by atoms with E-state index in [0.717, 1.165) is 29.8 Å². The molecule has 100 valence electrons. The van der Waals surface area contributed by atoms with Crippen molar-refractivity contribution in [3.8, 4) is 0 Å². The summed E-state index contributed by atoms with van der Waals surface area (Å²) in [6.45, 7) is 4.80. The Balaban J connectivity index is 2.56. The normalized spacial score (nSPS) is 13.9. The molecule has 0 amide bonds. The van der Waals surface area contributed by atoms with Crippen LogP contribution in [0.15, 0.2) is 18.2 Å². The monoisotopic (exact) mass is 284 g/mol. The number of thiocarbonyl (C=S) groups is 1. The molecule has 1 aromatic carbocycles. The first-order chi connectivity index (χ1) is 8.41. The zero-order valence-corrected chi connectivity index (χ0v) is 12.7. The van der Waals surface area contributed by atoms with E-state index in [1.165, 1.54) is 0 Å². The molecule has 2 unspecified atom stereocenters. The van der Waals surface area contributed by atoms with Gasteiger partial charge in [0.2, 0.25) is 0 Å². The molecule has 0 aliphatic rings. The fourth-order valence-electron chi connectivity index (χ4n) is 1.64. The lowest BCUT2D eigenvalue weighted by Crippen LogP contribution is -2.15. The molecule has 0 bridgehead atoms. The molecule has 0 fully saturated rings. The standard InChI is InChI=1S/C13H20N2OS2/c1-9-8-11(4-5-12(9)13(14)17)15-7-6-10(2)18(3)16/h4-5,8,10,15H,6-7H2,1-3H3,(H2,14,17). The first-order valence-electron chi connectivity index (χ1n) is 5.88. The minimum atomic E-state index is -0.756. The highest BCUT2D eigenvalue weighted by Gasteiger charge is 2.06. The number of anilines is 1. The summed E-state index contributed by atoms with van der Waals surface area (Å²) < 4.78 is 11.2. The van der Waals surface area contributed by atoms with Crippen LogP contribution in [0.5, 0.6) is 0 Å². The molecule has 2 atom stereocenters. The summed E-state index contributed by atoms with van der Waals surface area (Å²) in [5.74, 6) is 0. The van der Waals surface area contributed by atoms with Crippen LogP contribution in [-0.2, 0) is 10.8 Å². The summed E-state index contributed by atoms with van der Waals surface area (Å²) in [5.41, 5.74) is 8.64. The summed E-state index contributed by atoms with van der Waals surface area (Å²) in [7, 11) is -0.756. The van der Waals surface area contributed by atoms with Crippen LogP contribution < -0.4 is 11.1 Å². The van der Waals surface area contributed by atoms with E-state index in [2.05, 4.69) is 5.32 Å². The first-order valence-corrected chi connectivity index (χ1v) is 7.91. The summed E-state index contributed by atoms with van der Waals surface area (Å²) in [5, 5.41) is 3.54. The smallest absolute Gasteiger partial charge is 0.104 e. The van der Waals surface area contributed by atoms with Crippen molar-refractivity contribution in [2.75, 3.05) is 18.1 Å². The van der Waals surface area contributed by atoms with E-state index in [9.17, 15) is 4.21 Å². The van der Waals surface area contributed by atoms with Crippen LogP contribution in [0, 0.1) is 6.92 Å². The van der Waals surface area contributed by atoms with Crippen molar-refractivity contribution in [1.82, 2.24) is 0 Å². The van der Waals surface area contributed by atoms with Crippen molar-refractivity contribution in [3.63, 3.8) is 0 Å². The number of hydrogen-bond donors (Lipinski definition) is 2. The van der Waals surface area contributed by atoms with Gasteiger partial charge in [0.25, 0.3) is 0 Å². The van der Waals surface area contributed by atoms with Crippen LogP contribution in [0.25, 0.3) is 0 Å². The van der Waals surface area contributed by atoms with E-state index in [-0.39, 0.29) is 5.25 Å². The van der Waals surface area contributed by atoms with E-state index >= 15 is 0 Å². The van der Waals surface area contributed by atoms with Crippen LogP contribution in [0.2, 0.25) is 0 Å². The maximum atomic E-state index is 11.2. The molecular formula is C13H20N2OS2. The lowest BCUT2D eigenvalue weighted by atomic mass is 10.1. The summed E-state index contributed by atoms with van der Waals surface area (Å²) >= 11 is 4.97. The van der Waals surface area contributed by atoms with Crippen molar-refractivity contribution in [2.24, 2.45) is 5.73 Å². The summed E-state index contributed by atoms with van der Waals surface area (Å²) in [6, 6.07) is 5.93. The van der Waals surface area contributed by atoms with Gasteiger partial charge in [0.1, 0.15) is 4.99 Å². The Labute approximate surface area is 117 Å². The third kappa shape index (κ3) is 4.38. The maximum absolute atomic E-state index is 11.2. The molecule has 5 heteroatoms. The number of rotatable bonds is 6. The molecule has 0 radical (unpaired) electrons. The van der Waals surface area contributed by atoms with Crippen LogP contribution in [0.3, 0.4) is 0 Å². The van der Waals surface area contributed by atoms with Crippen LogP contribution in [-0.4, -0.2) is 27.2 Å². The number of benzene rings is 1. The van der Waals surface area contributed by atoms with Crippen LogP contribution in [0.1, 0.15) is 24.5 Å². The highest BCUT2D eigenvalue weighted by atomic mass is 32.2. The van der Waals surface area contributed by atoms with Gasteiger partial charge in [-0.2, -0.15) is 0 Å². The second kappa shape index (κ2) is 6.85. The third-order valence-corrected chi connectivity index (χ3v) is 4.53. The molecule has 1 aromatic rings. The average Bonchev–Trinajstić information content (AvgIpc) is 2.28. The van der Waals surface area contributed by atoms with E-state index < -0.39 is 10.8 Å². The van der Waals surface area contributed by atoms with Gasteiger partial charge >= 0.3 is 0 Å². The maximum Gasteiger partial charge on any atom is 0.104 e. The highest BCUT2D eigenvalue weighted by molar-refractivity contribution is 7.84. The second-order valence-electron chi connectivity index (χ2n) is 4.42. The van der Waals surface area contributed by atoms with E-state index in [4.69, 9.17) is 18.0 Å². The summed E-state index contributed by atoms with van der Waals surface area (Å²) in [4.78, 5) is 0.425. The molecule has 0 aliphatic carbocycles. The van der Waals surface area contributed by atoms with E-state index in [1.54, 1.807) is 6.26 Å². The van der Waals surface area contributed by atoms with E-state index in [1.807, 2.05) is 32.0 Å². The zero-order chi connectivity index (χ0) is 13.7. The van der Waals surface area contributed by atoms with Gasteiger partial charge in [0, 0.05) is 40.1 Å². The average molecular weight is 284 g/mol. The van der Waals surface area contributed by atoms with E-state index in [0.29, 0.717) is 4.99 Å². The molecule has 0 aromatic heterocycles. The molecule has 3 N–H and O–H groups in total. The van der Waals surface area contributed by atoms with Crippen molar-refractivity contribution >= 4 is 33.7 Å².